The Balaban J connectivity index is 2.13. The van der Waals surface area contributed by atoms with Crippen molar-refractivity contribution in [2.24, 2.45) is 0 Å². The molecule has 0 saturated heterocycles. The maximum Gasteiger partial charge on any atom is 0.222 e. The second-order valence-electron chi connectivity index (χ2n) is 4.17. The quantitative estimate of drug-likeness (QED) is 0.896. The minimum absolute atomic E-state index is 0.585. The third-order valence-electron chi connectivity index (χ3n) is 2.47. The van der Waals surface area contributed by atoms with E-state index in [1.807, 2.05) is 51.2 Å². The van der Waals surface area contributed by atoms with Crippen LogP contribution in [-0.4, -0.2) is 17.0 Å². The second-order valence-corrected chi connectivity index (χ2v) is 4.17. The molecule has 0 unspecified atom stereocenters. The third kappa shape index (κ3) is 3.28. The zero-order chi connectivity index (χ0) is 13.0. The predicted octanol–water partition coefficient (Wildman–Crippen LogP) is 2.61. The van der Waals surface area contributed by atoms with Crippen LogP contribution in [0.1, 0.15) is 17.1 Å². The molecule has 1 aromatic carbocycles. The number of nitrogens with zero attached hydrogens (tertiary/aromatic N) is 2. The lowest BCUT2D eigenvalue weighted by Gasteiger charge is -2.07. The number of aryl methyl sites for hydroxylation is 2. The van der Waals surface area contributed by atoms with Crippen LogP contribution in [0.4, 0.5) is 0 Å². The lowest BCUT2D eigenvalue weighted by molar-refractivity contribution is 0.458. The highest BCUT2D eigenvalue weighted by Crippen LogP contribution is 2.20. The van der Waals surface area contributed by atoms with Crippen LogP contribution >= 0.6 is 0 Å². The van der Waals surface area contributed by atoms with Gasteiger partial charge >= 0.3 is 0 Å². The van der Waals surface area contributed by atoms with Gasteiger partial charge < -0.3 is 10.1 Å². The SMILES string of the molecule is CNCc1ccc(Oc2cc(C)nc(C)n2)cc1. The van der Waals surface area contributed by atoms with Crippen LogP contribution in [0.2, 0.25) is 0 Å². The topological polar surface area (TPSA) is 47.0 Å². The fourth-order valence-corrected chi connectivity index (χ4v) is 1.74. The number of ether oxygens (including phenoxy) is 1. The molecule has 2 rings (SSSR count). The van der Waals surface area contributed by atoms with Crippen molar-refractivity contribution in [3.63, 3.8) is 0 Å². The van der Waals surface area contributed by atoms with E-state index in [0.29, 0.717) is 5.88 Å². The van der Waals surface area contributed by atoms with Gasteiger partial charge in [0.25, 0.3) is 0 Å². The van der Waals surface area contributed by atoms with Gasteiger partial charge in [-0.15, -0.1) is 0 Å². The van der Waals surface area contributed by atoms with E-state index in [2.05, 4.69) is 15.3 Å². The van der Waals surface area contributed by atoms with E-state index < -0.39 is 0 Å². The van der Waals surface area contributed by atoms with Gasteiger partial charge in [-0.25, -0.2) is 4.98 Å². The van der Waals surface area contributed by atoms with Gasteiger partial charge in [0.2, 0.25) is 5.88 Å². The highest BCUT2D eigenvalue weighted by atomic mass is 16.5. The molecule has 0 atom stereocenters. The molecule has 94 valence electrons. The molecule has 0 fully saturated rings. The lowest BCUT2D eigenvalue weighted by atomic mass is 10.2. The van der Waals surface area contributed by atoms with E-state index in [1.165, 1.54) is 5.56 Å². The first kappa shape index (κ1) is 12.5. The minimum atomic E-state index is 0.585. The number of nitrogens with one attached hydrogen (secondary N) is 1. The highest BCUT2D eigenvalue weighted by molar-refractivity contribution is 5.30. The molecule has 0 spiro atoms. The van der Waals surface area contributed by atoms with Crippen LogP contribution in [-0.2, 0) is 6.54 Å². The highest BCUT2D eigenvalue weighted by Gasteiger charge is 2.02. The van der Waals surface area contributed by atoms with Crippen LogP contribution in [0.25, 0.3) is 0 Å². The lowest BCUT2D eigenvalue weighted by Crippen LogP contribution is -2.04. The summed E-state index contributed by atoms with van der Waals surface area (Å²) in [6, 6.07) is 9.78. The Kier molecular flexibility index (Phi) is 3.89. The zero-order valence-electron chi connectivity index (χ0n) is 10.9. The number of hydrogen-bond acceptors (Lipinski definition) is 4. The first-order valence-corrected chi connectivity index (χ1v) is 5.91. The van der Waals surface area contributed by atoms with Crippen molar-refractivity contribution in [1.82, 2.24) is 15.3 Å². The van der Waals surface area contributed by atoms with Crippen molar-refractivity contribution in [3.8, 4) is 11.6 Å². The number of benzene rings is 1. The summed E-state index contributed by atoms with van der Waals surface area (Å²) in [7, 11) is 1.93. The van der Waals surface area contributed by atoms with Gasteiger partial charge in [0.05, 0.1) is 0 Å². The van der Waals surface area contributed by atoms with Crippen LogP contribution < -0.4 is 10.1 Å². The Morgan fingerprint density at radius 1 is 1.11 bits per heavy atom. The van der Waals surface area contributed by atoms with Crippen LogP contribution in [0, 0.1) is 13.8 Å². The maximum atomic E-state index is 5.70. The molecule has 0 radical (unpaired) electrons. The second kappa shape index (κ2) is 5.60. The summed E-state index contributed by atoms with van der Waals surface area (Å²) in [6.07, 6.45) is 0. The molecular formula is C14H17N3O. The van der Waals surface area contributed by atoms with Gasteiger partial charge in [0, 0.05) is 18.3 Å². The fraction of sp³-hybridized carbons (Fsp3) is 0.286. The predicted molar refractivity (Wildman–Crippen MR) is 70.8 cm³/mol. The number of hydrogen-bond donors (Lipinski definition) is 1. The van der Waals surface area contributed by atoms with E-state index in [1.54, 1.807) is 0 Å². The van der Waals surface area contributed by atoms with Crippen molar-refractivity contribution in [2.75, 3.05) is 7.05 Å². The summed E-state index contributed by atoms with van der Waals surface area (Å²) in [5.41, 5.74) is 2.13. The first-order chi connectivity index (χ1) is 8.67. The largest absolute Gasteiger partial charge is 0.439 e. The first-order valence-electron chi connectivity index (χ1n) is 5.91. The zero-order valence-corrected chi connectivity index (χ0v) is 10.9. The van der Waals surface area contributed by atoms with Crippen LogP contribution in [0.5, 0.6) is 11.6 Å². The Morgan fingerprint density at radius 3 is 2.44 bits per heavy atom. The molecule has 0 saturated carbocycles. The average Bonchev–Trinajstić information content (AvgIpc) is 2.31. The molecule has 0 amide bonds. The normalized spacial score (nSPS) is 10.4. The fourth-order valence-electron chi connectivity index (χ4n) is 1.74. The smallest absolute Gasteiger partial charge is 0.222 e. The molecule has 4 heteroatoms. The van der Waals surface area contributed by atoms with Crippen LogP contribution in [0.15, 0.2) is 30.3 Å². The third-order valence-corrected chi connectivity index (χ3v) is 2.47. The summed E-state index contributed by atoms with van der Waals surface area (Å²) < 4.78 is 5.70. The molecule has 1 N–H and O–H groups in total. The summed E-state index contributed by atoms with van der Waals surface area (Å²) in [5, 5.41) is 3.11. The Labute approximate surface area is 107 Å². The van der Waals surface area contributed by atoms with E-state index in [9.17, 15) is 0 Å². The molecule has 0 aliphatic rings. The molecule has 18 heavy (non-hydrogen) atoms. The molecule has 1 heterocycles. The summed E-state index contributed by atoms with van der Waals surface area (Å²) in [6.45, 7) is 4.64. The van der Waals surface area contributed by atoms with Crippen molar-refractivity contribution in [3.05, 3.63) is 47.4 Å². The van der Waals surface area contributed by atoms with Gasteiger partial charge in [-0.05, 0) is 38.6 Å². The Morgan fingerprint density at radius 2 is 1.83 bits per heavy atom. The molecular weight excluding hydrogens is 226 g/mol. The van der Waals surface area contributed by atoms with E-state index >= 15 is 0 Å². The van der Waals surface area contributed by atoms with Crippen molar-refractivity contribution in [1.29, 1.82) is 0 Å². The van der Waals surface area contributed by atoms with Gasteiger partial charge in [-0.3, -0.25) is 0 Å². The standard InChI is InChI=1S/C14H17N3O/c1-10-8-14(17-11(2)16-10)18-13-6-4-12(5-7-13)9-15-3/h4-8,15H,9H2,1-3H3. The van der Waals surface area contributed by atoms with Gasteiger partial charge in [-0.2, -0.15) is 4.98 Å². The number of rotatable bonds is 4. The van der Waals surface area contributed by atoms with Crippen molar-refractivity contribution < 1.29 is 4.74 Å². The summed E-state index contributed by atoms with van der Waals surface area (Å²) in [5.74, 6) is 2.09. The molecule has 0 aliphatic heterocycles. The molecule has 1 aromatic heterocycles. The van der Waals surface area contributed by atoms with E-state index in [4.69, 9.17) is 4.74 Å². The molecule has 4 nitrogen and oxygen atoms in total. The molecule has 2 aromatic rings. The average molecular weight is 243 g/mol. The van der Waals surface area contributed by atoms with Crippen molar-refractivity contribution >= 4 is 0 Å². The van der Waals surface area contributed by atoms with Gasteiger partial charge in [0.15, 0.2) is 0 Å². The monoisotopic (exact) mass is 243 g/mol. The van der Waals surface area contributed by atoms with Gasteiger partial charge in [-0.1, -0.05) is 12.1 Å². The number of aromatic nitrogens is 2. The van der Waals surface area contributed by atoms with E-state index in [-0.39, 0.29) is 0 Å². The summed E-state index contributed by atoms with van der Waals surface area (Å²) in [4.78, 5) is 8.46. The Hall–Kier alpha value is -1.94. The minimum Gasteiger partial charge on any atom is -0.439 e. The van der Waals surface area contributed by atoms with Crippen molar-refractivity contribution in [2.45, 2.75) is 20.4 Å². The Bertz CT molecular complexity index is 503. The van der Waals surface area contributed by atoms with E-state index in [0.717, 1.165) is 23.8 Å². The van der Waals surface area contributed by atoms with Crippen LogP contribution in [0.3, 0.4) is 0 Å². The molecule has 0 bridgehead atoms. The molecule has 0 aliphatic carbocycles. The maximum absolute atomic E-state index is 5.70. The van der Waals surface area contributed by atoms with Gasteiger partial charge in [0.1, 0.15) is 11.6 Å². The summed E-state index contributed by atoms with van der Waals surface area (Å²) >= 11 is 0.